The normalized spacial score (nSPS) is 21.2. The van der Waals surface area contributed by atoms with Gasteiger partial charge in [0.25, 0.3) is 0 Å². The Labute approximate surface area is 149 Å². The fraction of sp³-hybridized carbons (Fsp3) is 0.500. The number of carbonyl (C=O) groups is 1. The molecule has 1 aliphatic rings. The van der Waals surface area contributed by atoms with Crippen molar-refractivity contribution in [3.8, 4) is 5.75 Å². The van der Waals surface area contributed by atoms with Crippen LogP contribution in [-0.2, 0) is 9.53 Å². The number of aliphatic carboxylic acids is 1. The van der Waals surface area contributed by atoms with Gasteiger partial charge in [-0.2, -0.15) is 0 Å². The molecule has 2 unspecified atom stereocenters. The van der Waals surface area contributed by atoms with Crippen LogP contribution in [0.15, 0.2) is 24.3 Å². The summed E-state index contributed by atoms with van der Waals surface area (Å²) in [5.41, 5.74) is -1.59. The number of hydrogen-bond donors (Lipinski definition) is 1. The van der Waals surface area contributed by atoms with E-state index in [1.54, 1.807) is 24.3 Å². The summed E-state index contributed by atoms with van der Waals surface area (Å²) in [5, 5.41) is 9.49. The van der Waals surface area contributed by atoms with Crippen LogP contribution >= 0.6 is 11.6 Å². The zero-order valence-electron chi connectivity index (χ0n) is 10.9. The van der Waals surface area contributed by atoms with Crippen molar-refractivity contribution >= 4 is 47.1 Å². The summed E-state index contributed by atoms with van der Waals surface area (Å²) in [6.45, 7) is 0.417. The Kier molecular flexibility index (Phi) is 7.44. The molecule has 1 aliphatic heterocycles. The van der Waals surface area contributed by atoms with Crippen LogP contribution in [0.1, 0.15) is 19.3 Å². The Bertz CT molecular complexity index is 465. The third-order valence-electron chi connectivity index (χ3n) is 3.26. The molecule has 1 N–H and O–H groups in total. The first-order valence-electron chi connectivity index (χ1n) is 6.44. The van der Waals surface area contributed by atoms with Gasteiger partial charge in [-0.3, -0.25) is 0 Å². The number of ether oxygens (including phenoxy) is 2. The number of hydrogen-bond acceptors (Lipinski definition) is 3. The fourth-order valence-corrected chi connectivity index (χ4v) is 2.02. The minimum absolute atomic E-state index is 0. The number of rotatable bonds is 8. The molecule has 1 saturated heterocycles. The van der Waals surface area contributed by atoms with Gasteiger partial charge in [0.15, 0.2) is 0 Å². The standard InChI is InChI=1S/C14H16ClFO4.Na.H/c15-10-4-6-11(7-5-10)19-8-2-1-3-12(16)14(9-20-14)13(17)18;;/h4-7,12H,1-3,8-9H2,(H,17,18);;. The Morgan fingerprint density at radius 2 is 2.05 bits per heavy atom. The molecule has 7 heteroatoms. The number of unbranched alkanes of at least 4 members (excludes halogenated alkanes) is 1. The molecule has 4 nitrogen and oxygen atoms in total. The van der Waals surface area contributed by atoms with Crippen molar-refractivity contribution in [3.63, 3.8) is 0 Å². The van der Waals surface area contributed by atoms with Crippen LogP contribution in [0.5, 0.6) is 5.75 Å². The molecule has 2 atom stereocenters. The predicted octanol–water partition coefficient (Wildman–Crippen LogP) is 2.43. The zero-order chi connectivity index (χ0) is 14.6. The van der Waals surface area contributed by atoms with Crippen LogP contribution in [-0.4, -0.2) is 65.6 Å². The molecule has 0 spiro atoms. The Hall–Kier alpha value is -0.330. The first-order chi connectivity index (χ1) is 9.54. The van der Waals surface area contributed by atoms with Crippen molar-refractivity contribution in [3.05, 3.63) is 29.3 Å². The molecule has 1 aromatic carbocycles. The SMILES string of the molecule is O=C(O)C1(C(F)CCCCOc2ccc(Cl)cc2)CO1.[NaH]. The third-order valence-corrected chi connectivity index (χ3v) is 3.51. The zero-order valence-corrected chi connectivity index (χ0v) is 11.6. The minimum atomic E-state index is -1.59. The van der Waals surface area contributed by atoms with Gasteiger partial charge >= 0.3 is 35.5 Å². The number of halogens is 2. The summed E-state index contributed by atoms with van der Waals surface area (Å²) in [5.74, 6) is -0.513. The van der Waals surface area contributed by atoms with Crippen LogP contribution in [0.3, 0.4) is 0 Å². The maximum atomic E-state index is 13.7. The first-order valence-corrected chi connectivity index (χ1v) is 6.82. The molecule has 1 fully saturated rings. The molecular weight excluding hydrogens is 310 g/mol. The molecule has 2 rings (SSSR count). The molecule has 0 aromatic heterocycles. The number of carboxylic acid groups (broad SMARTS) is 1. The van der Waals surface area contributed by atoms with Crippen molar-refractivity contribution in [2.45, 2.75) is 31.0 Å². The molecular formula is C14H17ClFNaO4. The quantitative estimate of drug-likeness (QED) is 0.453. The summed E-state index contributed by atoms with van der Waals surface area (Å²) < 4.78 is 23.9. The van der Waals surface area contributed by atoms with Gasteiger partial charge in [0.2, 0.25) is 5.60 Å². The molecule has 1 aromatic rings. The molecule has 1 heterocycles. The van der Waals surface area contributed by atoms with Gasteiger partial charge in [0.05, 0.1) is 13.2 Å². The van der Waals surface area contributed by atoms with E-state index in [2.05, 4.69) is 0 Å². The van der Waals surface area contributed by atoms with E-state index in [1.807, 2.05) is 0 Å². The number of benzene rings is 1. The monoisotopic (exact) mass is 326 g/mol. The summed E-state index contributed by atoms with van der Waals surface area (Å²) in [6.07, 6.45) is -0.0992. The Morgan fingerprint density at radius 3 is 2.57 bits per heavy atom. The molecule has 112 valence electrons. The van der Waals surface area contributed by atoms with Crippen LogP contribution in [0, 0.1) is 0 Å². The summed E-state index contributed by atoms with van der Waals surface area (Å²) in [6, 6.07) is 6.99. The second kappa shape index (κ2) is 8.34. The first kappa shape index (κ1) is 18.7. The van der Waals surface area contributed by atoms with Gasteiger partial charge in [-0.25, -0.2) is 9.18 Å². The molecule has 21 heavy (non-hydrogen) atoms. The van der Waals surface area contributed by atoms with Crippen LogP contribution in [0.4, 0.5) is 4.39 Å². The van der Waals surface area contributed by atoms with Crippen molar-refractivity contribution in [2.24, 2.45) is 0 Å². The van der Waals surface area contributed by atoms with E-state index < -0.39 is 17.7 Å². The van der Waals surface area contributed by atoms with Gasteiger partial charge in [-0.15, -0.1) is 0 Å². The average Bonchev–Trinajstić information content (AvgIpc) is 3.22. The van der Waals surface area contributed by atoms with E-state index in [-0.39, 0.29) is 42.6 Å². The van der Waals surface area contributed by atoms with E-state index in [1.165, 1.54) is 0 Å². The predicted molar refractivity (Wildman–Crippen MR) is 79.2 cm³/mol. The van der Waals surface area contributed by atoms with Crippen molar-refractivity contribution in [2.75, 3.05) is 13.2 Å². The van der Waals surface area contributed by atoms with Crippen LogP contribution < -0.4 is 4.74 Å². The molecule has 0 saturated carbocycles. The number of epoxide rings is 1. The van der Waals surface area contributed by atoms with Crippen molar-refractivity contribution in [1.82, 2.24) is 0 Å². The Morgan fingerprint density at radius 1 is 1.43 bits per heavy atom. The van der Waals surface area contributed by atoms with Gasteiger partial charge in [0, 0.05) is 5.02 Å². The summed E-state index contributed by atoms with van der Waals surface area (Å²) in [4.78, 5) is 10.8. The van der Waals surface area contributed by atoms with Gasteiger partial charge in [-0.1, -0.05) is 11.6 Å². The average molecular weight is 327 g/mol. The Balaban J connectivity index is 0.00000220. The van der Waals surface area contributed by atoms with E-state index in [0.29, 0.717) is 30.2 Å². The van der Waals surface area contributed by atoms with Crippen molar-refractivity contribution < 1.29 is 23.8 Å². The third kappa shape index (κ3) is 5.11. The number of alkyl halides is 1. The maximum absolute atomic E-state index is 13.7. The molecule has 0 amide bonds. The second-order valence-electron chi connectivity index (χ2n) is 4.75. The van der Waals surface area contributed by atoms with Gasteiger partial charge < -0.3 is 14.6 Å². The molecule has 0 bridgehead atoms. The summed E-state index contributed by atoms with van der Waals surface area (Å²) >= 11 is 5.75. The van der Waals surface area contributed by atoms with Gasteiger partial charge in [-0.05, 0) is 43.5 Å². The van der Waals surface area contributed by atoms with Crippen molar-refractivity contribution in [1.29, 1.82) is 0 Å². The van der Waals surface area contributed by atoms with E-state index >= 15 is 0 Å². The van der Waals surface area contributed by atoms with E-state index in [9.17, 15) is 9.18 Å². The fourth-order valence-electron chi connectivity index (χ4n) is 1.90. The second-order valence-corrected chi connectivity index (χ2v) is 5.19. The van der Waals surface area contributed by atoms with Crippen LogP contribution in [0.2, 0.25) is 5.02 Å². The summed E-state index contributed by atoms with van der Waals surface area (Å²) in [7, 11) is 0. The van der Waals surface area contributed by atoms with Crippen LogP contribution in [0.25, 0.3) is 0 Å². The topological polar surface area (TPSA) is 59.1 Å². The molecule has 0 radical (unpaired) electrons. The van der Waals surface area contributed by atoms with E-state index in [0.717, 1.165) is 0 Å². The molecule has 0 aliphatic carbocycles. The van der Waals surface area contributed by atoms with E-state index in [4.69, 9.17) is 26.2 Å². The van der Waals surface area contributed by atoms with Gasteiger partial charge in [0.1, 0.15) is 11.9 Å². The number of carboxylic acids is 1.